The quantitative estimate of drug-likeness (QED) is 0.618. The Morgan fingerprint density at radius 1 is 1.40 bits per heavy atom. The van der Waals surface area contributed by atoms with E-state index in [0.29, 0.717) is 12.8 Å². The fourth-order valence-electron chi connectivity index (χ4n) is 3.82. The van der Waals surface area contributed by atoms with Crippen LogP contribution in [-0.2, 0) is 4.79 Å². The number of carbonyl (C=O) groups is 1. The van der Waals surface area contributed by atoms with Crippen molar-refractivity contribution in [3.63, 3.8) is 0 Å². The molecule has 0 saturated heterocycles. The van der Waals surface area contributed by atoms with E-state index >= 15 is 0 Å². The number of aromatic nitrogens is 3. The number of rotatable bonds is 2. The number of aliphatic hydroxyl groups is 1. The number of carboxylic acid groups (broad SMARTS) is 1. The maximum atomic E-state index is 10.6. The zero-order valence-electron chi connectivity index (χ0n) is 15.9. The number of nitriles is 1. The second kappa shape index (κ2) is 8.57. The van der Waals surface area contributed by atoms with E-state index in [2.05, 4.69) is 26.0 Å². The largest absolute Gasteiger partial charge is 0.490 e. The summed E-state index contributed by atoms with van der Waals surface area (Å²) < 4.78 is 35.2. The lowest BCUT2D eigenvalue weighted by molar-refractivity contribution is -0.192. The Hall–Kier alpha value is -2.71. The number of carboxylic acids is 1. The molecule has 1 saturated carbocycles. The van der Waals surface area contributed by atoms with Gasteiger partial charge in [0.25, 0.3) is 0 Å². The van der Waals surface area contributed by atoms with Crippen molar-refractivity contribution in [2.45, 2.75) is 50.9 Å². The van der Waals surface area contributed by atoms with Gasteiger partial charge in [0.2, 0.25) is 0 Å². The average molecular weight is 440 g/mol. The maximum absolute atomic E-state index is 10.6. The summed E-state index contributed by atoms with van der Waals surface area (Å²) in [7, 11) is 0. The SMILES string of the molecule is Cc1nc2cnc3ccsc3c2n1[C@@H]1CC[C@@H](CC#N)[C@@H](O)C1.O=C(O)C(F)(F)F. The minimum absolute atomic E-state index is 0.106. The summed E-state index contributed by atoms with van der Waals surface area (Å²) in [5.74, 6) is -1.68. The minimum Gasteiger partial charge on any atom is -0.475 e. The van der Waals surface area contributed by atoms with E-state index in [1.165, 1.54) is 0 Å². The second-order valence-corrected chi connectivity index (χ2v) is 8.03. The number of aliphatic hydroxyl groups excluding tert-OH is 1. The zero-order chi connectivity index (χ0) is 22.1. The number of alkyl halides is 3. The Morgan fingerprint density at radius 3 is 2.70 bits per heavy atom. The number of pyridine rings is 1. The lowest BCUT2D eigenvalue weighted by atomic mass is 9.82. The molecule has 0 amide bonds. The lowest BCUT2D eigenvalue weighted by Crippen LogP contribution is -2.31. The molecule has 0 radical (unpaired) electrons. The third kappa shape index (κ3) is 4.39. The van der Waals surface area contributed by atoms with E-state index in [4.69, 9.17) is 15.2 Å². The van der Waals surface area contributed by atoms with Gasteiger partial charge in [0.1, 0.15) is 11.3 Å². The van der Waals surface area contributed by atoms with Crippen LogP contribution in [0.25, 0.3) is 21.3 Å². The van der Waals surface area contributed by atoms with Crippen LogP contribution in [-0.4, -0.2) is 43.0 Å². The number of aliphatic carboxylic acids is 1. The van der Waals surface area contributed by atoms with E-state index < -0.39 is 18.2 Å². The monoisotopic (exact) mass is 440 g/mol. The summed E-state index contributed by atoms with van der Waals surface area (Å²) in [5, 5.41) is 28.5. The molecule has 3 heterocycles. The first-order valence-corrected chi connectivity index (χ1v) is 10.1. The first-order chi connectivity index (χ1) is 14.1. The standard InChI is InChI=1S/C17H18N4OS.C2HF3O2/c1-10-20-14-9-19-13-5-7-23-17(13)16(14)21(10)12-3-2-11(4-6-18)15(22)8-12;3-2(4,5)1(6)7/h5,7,9,11-12,15,22H,2-4,8H2,1H3;(H,6,7)/t11-,12+,15-;/m0./s1. The highest BCUT2D eigenvalue weighted by molar-refractivity contribution is 7.18. The number of fused-ring (bicyclic) bond motifs is 3. The van der Waals surface area contributed by atoms with Gasteiger partial charge in [0.05, 0.1) is 34.1 Å². The fraction of sp³-hybridized carbons (Fsp3) is 0.474. The summed E-state index contributed by atoms with van der Waals surface area (Å²) >= 11 is 1.69. The first kappa shape index (κ1) is 22.0. The van der Waals surface area contributed by atoms with Crippen molar-refractivity contribution in [3.8, 4) is 6.07 Å². The van der Waals surface area contributed by atoms with Crippen molar-refractivity contribution in [1.82, 2.24) is 14.5 Å². The van der Waals surface area contributed by atoms with Gasteiger partial charge >= 0.3 is 12.1 Å². The molecule has 0 unspecified atom stereocenters. The molecule has 3 atom stereocenters. The van der Waals surface area contributed by atoms with Gasteiger partial charge in [-0.1, -0.05) is 0 Å². The van der Waals surface area contributed by atoms with E-state index in [9.17, 15) is 18.3 Å². The summed E-state index contributed by atoms with van der Waals surface area (Å²) in [4.78, 5) is 18.0. The topological polar surface area (TPSA) is 112 Å². The predicted molar refractivity (Wildman–Crippen MR) is 104 cm³/mol. The summed E-state index contributed by atoms with van der Waals surface area (Å²) in [6.07, 6.45) is -0.663. The number of hydrogen-bond acceptors (Lipinski definition) is 6. The predicted octanol–water partition coefficient (Wildman–Crippen LogP) is 4.20. The third-order valence-electron chi connectivity index (χ3n) is 5.19. The smallest absolute Gasteiger partial charge is 0.475 e. The summed E-state index contributed by atoms with van der Waals surface area (Å²) in [6.45, 7) is 2.02. The Bertz CT molecular complexity index is 1100. The van der Waals surface area contributed by atoms with Gasteiger partial charge in [0.15, 0.2) is 0 Å². The molecule has 11 heteroatoms. The molecule has 1 fully saturated rings. The molecule has 0 aromatic carbocycles. The van der Waals surface area contributed by atoms with Gasteiger partial charge in [-0.15, -0.1) is 11.3 Å². The van der Waals surface area contributed by atoms with Crippen LogP contribution in [0.3, 0.4) is 0 Å². The number of hydrogen-bond donors (Lipinski definition) is 2. The lowest BCUT2D eigenvalue weighted by Gasteiger charge is -2.33. The highest BCUT2D eigenvalue weighted by Gasteiger charge is 2.38. The van der Waals surface area contributed by atoms with Gasteiger partial charge in [0, 0.05) is 12.5 Å². The molecule has 0 spiro atoms. The molecular weight excluding hydrogens is 421 g/mol. The summed E-state index contributed by atoms with van der Waals surface area (Å²) in [6, 6.07) is 4.46. The molecule has 0 bridgehead atoms. The van der Waals surface area contributed by atoms with Crippen LogP contribution in [0.5, 0.6) is 0 Å². The number of thiophene rings is 1. The second-order valence-electron chi connectivity index (χ2n) is 7.12. The molecule has 4 rings (SSSR count). The van der Waals surface area contributed by atoms with Crippen molar-refractivity contribution in [1.29, 1.82) is 5.26 Å². The first-order valence-electron chi connectivity index (χ1n) is 9.19. The highest BCUT2D eigenvalue weighted by Crippen LogP contribution is 2.38. The van der Waals surface area contributed by atoms with Crippen LogP contribution < -0.4 is 0 Å². The van der Waals surface area contributed by atoms with E-state index in [1.54, 1.807) is 11.3 Å². The molecule has 1 aliphatic carbocycles. The van der Waals surface area contributed by atoms with Gasteiger partial charge < -0.3 is 14.8 Å². The van der Waals surface area contributed by atoms with Gasteiger partial charge in [-0.2, -0.15) is 18.4 Å². The third-order valence-corrected chi connectivity index (χ3v) is 6.10. The van der Waals surface area contributed by atoms with Gasteiger partial charge in [-0.05, 0) is 43.6 Å². The Morgan fingerprint density at radius 2 is 2.10 bits per heavy atom. The Labute approximate surface area is 173 Å². The number of imidazole rings is 1. The Kier molecular flexibility index (Phi) is 6.28. The molecule has 3 aromatic rings. The molecule has 1 aliphatic rings. The molecular formula is C19H19F3N4O3S. The van der Waals surface area contributed by atoms with Crippen LogP contribution in [0, 0.1) is 24.2 Å². The highest BCUT2D eigenvalue weighted by atomic mass is 32.1. The zero-order valence-corrected chi connectivity index (χ0v) is 16.7. The molecule has 3 aromatic heterocycles. The van der Waals surface area contributed by atoms with E-state index in [-0.39, 0.29) is 12.0 Å². The van der Waals surface area contributed by atoms with Crippen molar-refractivity contribution >= 4 is 38.6 Å². The molecule has 160 valence electrons. The van der Waals surface area contributed by atoms with Crippen LogP contribution in [0.4, 0.5) is 13.2 Å². The van der Waals surface area contributed by atoms with Crippen LogP contribution in [0.15, 0.2) is 17.6 Å². The normalized spacial score (nSPS) is 21.8. The van der Waals surface area contributed by atoms with Crippen LogP contribution in [0.1, 0.15) is 37.5 Å². The van der Waals surface area contributed by atoms with E-state index in [1.807, 2.05) is 19.2 Å². The number of nitrogens with zero attached hydrogens (tertiary/aromatic N) is 4. The average Bonchev–Trinajstić information content (AvgIpc) is 3.26. The van der Waals surface area contributed by atoms with Crippen molar-refractivity contribution in [2.75, 3.05) is 0 Å². The molecule has 30 heavy (non-hydrogen) atoms. The molecule has 7 nitrogen and oxygen atoms in total. The molecule has 0 aliphatic heterocycles. The van der Waals surface area contributed by atoms with Gasteiger partial charge in [-0.3, -0.25) is 4.98 Å². The Balaban J connectivity index is 0.000000318. The van der Waals surface area contributed by atoms with Crippen LogP contribution in [0.2, 0.25) is 0 Å². The number of aryl methyl sites for hydroxylation is 1. The van der Waals surface area contributed by atoms with Gasteiger partial charge in [-0.25, -0.2) is 9.78 Å². The number of halogens is 3. The summed E-state index contributed by atoms with van der Waals surface area (Å²) in [5.41, 5.74) is 3.06. The van der Waals surface area contributed by atoms with Crippen LogP contribution >= 0.6 is 11.3 Å². The maximum Gasteiger partial charge on any atom is 0.490 e. The van der Waals surface area contributed by atoms with Crippen molar-refractivity contribution in [2.24, 2.45) is 5.92 Å². The molecule has 2 N–H and O–H groups in total. The fourth-order valence-corrected chi connectivity index (χ4v) is 4.71. The van der Waals surface area contributed by atoms with Crippen molar-refractivity contribution < 1.29 is 28.2 Å². The van der Waals surface area contributed by atoms with E-state index in [0.717, 1.165) is 39.9 Å². The minimum atomic E-state index is -5.08. The van der Waals surface area contributed by atoms with Crippen molar-refractivity contribution in [3.05, 3.63) is 23.5 Å².